The number of aromatic nitrogens is 3. The fourth-order valence-corrected chi connectivity index (χ4v) is 3.59. The maximum atomic E-state index is 13.1. The van der Waals surface area contributed by atoms with Crippen LogP contribution in [0.2, 0.25) is 0 Å². The Labute approximate surface area is 162 Å². The summed E-state index contributed by atoms with van der Waals surface area (Å²) in [6.07, 6.45) is 6.66. The molecular weight excluding hydrogens is 357 g/mol. The van der Waals surface area contributed by atoms with E-state index in [-0.39, 0.29) is 23.7 Å². The second-order valence-corrected chi connectivity index (χ2v) is 7.14. The Morgan fingerprint density at radius 1 is 1.14 bits per heavy atom. The number of halogens is 1. The van der Waals surface area contributed by atoms with Gasteiger partial charge in [0.15, 0.2) is 5.65 Å². The Kier molecular flexibility index (Phi) is 5.14. The van der Waals surface area contributed by atoms with Gasteiger partial charge in [-0.3, -0.25) is 9.78 Å². The van der Waals surface area contributed by atoms with Crippen LogP contribution in [0.1, 0.15) is 31.4 Å². The number of hydrogen-bond donors (Lipinski definition) is 1. The SMILES string of the molecule is C[C@H](NC(=O)C1CCN(c2cnc3nccnc3c2)CC1)c1ccc(F)cc1. The molecule has 1 fully saturated rings. The van der Waals surface area contributed by atoms with Gasteiger partial charge < -0.3 is 10.2 Å². The molecule has 2 aromatic heterocycles. The number of nitrogens with one attached hydrogen (secondary N) is 1. The third-order valence-corrected chi connectivity index (χ3v) is 5.27. The molecular formula is C21H22FN5O. The number of carbonyl (C=O) groups excluding carboxylic acids is 1. The van der Waals surface area contributed by atoms with Crippen LogP contribution in [0.15, 0.2) is 48.9 Å². The maximum Gasteiger partial charge on any atom is 0.223 e. The lowest BCUT2D eigenvalue weighted by molar-refractivity contribution is -0.126. The molecule has 0 aliphatic carbocycles. The summed E-state index contributed by atoms with van der Waals surface area (Å²) in [7, 11) is 0. The Hall–Kier alpha value is -3.09. The van der Waals surface area contributed by atoms with Gasteiger partial charge in [0.05, 0.1) is 17.9 Å². The number of pyridine rings is 1. The normalized spacial score (nSPS) is 16.1. The first-order valence-corrected chi connectivity index (χ1v) is 9.48. The fraction of sp³-hybridized carbons (Fsp3) is 0.333. The van der Waals surface area contributed by atoms with Crippen LogP contribution in [-0.4, -0.2) is 33.9 Å². The van der Waals surface area contributed by atoms with Gasteiger partial charge >= 0.3 is 0 Å². The first kappa shape index (κ1) is 18.3. The highest BCUT2D eigenvalue weighted by atomic mass is 19.1. The van der Waals surface area contributed by atoms with Crippen molar-refractivity contribution in [2.24, 2.45) is 5.92 Å². The molecule has 7 heteroatoms. The molecule has 0 saturated carbocycles. The minimum atomic E-state index is -0.274. The molecule has 4 rings (SSSR count). The van der Waals surface area contributed by atoms with Crippen molar-refractivity contribution in [1.29, 1.82) is 0 Å². The molecule has 0 unspecified atom stereocenters. The third-order valence-electron chi connectivity index (χ3n) is 5.27. The second-order valence-electron chi connectivity index (χ2n) is 7.14. The van der Waals surface area contributed by atoms with Crippen LogP contribution in [0, 0.1) is 11.7 Å². The molecule has 28 heavy (non-hydrogen) atoms. The Morgan fingerprint density at radius 3 is 2.61 bits per heavy atom. The van der Waals surface area contributed by atoms with Crippen molar-refractivity contribution in [1.82, 2.24) is 20.3 Å². The van der Waals surface area contributed by atoms with Crippen LogP contribution in [-0.2, 0) is 4.79 Å². The molecule has 1 saturated heterocycles. The highest BCUT2D eigenvalue weighted by molar-refractivity contribution is 5.79. The van der Waals surface area contributed by atoms with Crippen LogP contribution < -0.4 is 10.2 Å². The number of nitrogens with zero attached hydrogens (tertiary/aromatic N) is 4. The van der Waals surface area contributed by atoms with Crippen LogP contribution in [0.4, 0.5) is 10.1 Å². The summed E-state index contributed by atoms with van der Waals surface area (Å²) in [5, 5.41) is 3.05. The summed E-state index contributed by atoms with van der Waals surface area (Å²) in [6.45, 7) is 3.50. The highest BCUT2D eigenvalue weighted by Gasteiger charge is 2.26. The van der Waals surface area contributed by atoms with E-state index in [1.54, 1.807) is 24.5 Å². The monoisotopic (exact) mass is 379 g/mol. The molecule has 3 heterocycles. The van der Waals surface area contributed by atoms with E-state index in [1.165, 1.54) is 12.1 Å². The fourth-order valence-electron chi connectivity index (χ4n) is 3.59. The summed E-state index contributed by atoms with van der Waals surface area (Å²) in [5.41, 5.74) is 3.31. The molecule has 1 atom stereocenters. The van der Waals surface area contributed by atoms with Gasteiger partial charge in [-0.15, -0.1) is 0 Å². The molecule has 1 amide bonds. The van der Waals surface area contributed by atoms with Gasteiger partial charge in [-0.05, 0) is 43.5 Å². The zero-order valence-electron chi connectivity index (χ0n) is 15.7. The third kappa shape index (κ3) is 3.93. The van der Waals surface area contributed by atoms with E-state index < -0.39 is 0 Å². The summed E-state index contributed by atoms with van der Waals surface area (Å²) >= 11 is 0. The van der Waals surface area contributed by atoms with E-state index in [0.717, 1.165) is 42.7 Å². The van der Waals surface area contributed by atoms with E-state index in [4.69, 9.17) is 0 Å². The van der Waals surface area contributed by atoms with Gasteiger partial charge in [-0.25, -0.2) is 14.4 Å². The Morgan fingerprint density at radius 2 is 1.86 bits per heavy atom. The van der Waals surface area contributed by atoms with E-state index in [1.807, 2.05) is 19.2 Å². The molecule has 144 valence electrons. The van der Waals surface area contributed by atoms with Crippen molar-refractivity contribution >= 4 is 22.8 Å². The number of fused-ring (bicyclic) bond motifs is 1. The lowest BCUT2D eigenvalue weighted by Crippen LogP contribution is -2.41. The maximum absolute atomic E-state index is 13.1. The smallest absolute Gasteiger partial charge is 0.223 e. The molecule has 1 N–H and O–H groups in total. The van der Waals surface area contributed by atoms with E-state index in [2.05, 4.69) is 25.2 Å². The Balaban J connectivity index is 1.35. The van der Waals surface area contributed by atoms with Crippen molar-refractivity contribution < 1.29 is 9.18 Å². The van der Waals surface area contributed by atoms with E-state index >= 15 is 0 Å². The van der Waals surface area contributed by atoms with E-state index in [0.29, 0.717) is 5.65 Å². The minimum absolute atomic E-state index is 0.0210. The van der Waals surface area contributed by atoms with Gasteiger partial charge in [-0.1, -0.05) is 12.1 Å². The van der Waals surface area contributed by atoms with Gasteiger partial charge in [0, 0.05) is 31.4 Å². The van der Waals surface area contributed by atoms with Crippen molar-refractivity contribution in [2.45, 2.75) is 25.8 Å². The molecule has 0 spiro atoms. The Bertz CT molecular complexity index is 970. The zero-order chi connectivity index (χ0) is 19.5. The van der Waals surface area contributed by atoms with Gasteiger partial charge in [-0.2, -0.15) is 0 Å². The topological polar surface area (TPSA) is 71.0 Å². The first-order valence-electron chi connectivity index (χ1n) is 9.48. The van der Waals surface area contributed by atoms with E-state index in [9.17, 15) is 9.18 Å². The average molecular weight is 379 g/mol. The van der Waals surface area contributed by atoms with Crippen molar-refractivity contribution in [2.75, 3.05) is 18.0 Å². The van der Waals surface area contributed by atoms with Crippen LogP contribution >= 0.6 is 0 Å². The van der Waals surface area contributed by atoms with Crippen LogP contribution in [0.25, 0.3) is 11.2 Å². The second kappa shape index (κ2) is 7.88. The number of carbonyl (C=O) groups is 1. The predicted octanol–water partition coefficient (Wildman–Crippen LogP) is 3.26. The number of amides is 1. The summed E-state index contributed by atoms with van der Waals surface area (Å²) in [4.78, 5) is 27.7. The number of rotatable bonds is 4. The largest absolute Gasteiger partial charge is 0.370 e. The van der Waals surface area contributed by atoms with Gasteiger partial charge in [0.1, 0.15) is 11.3 Å². The van der Waals surface area contributed by atoms with Crippen molar-refractivity contribution in [3.05, 3.63) is 60.3 Å². The summed E-state index contributed by atoms with van der Waals surface area (Å²) < 4.78 is 13.1. The average Bonchev–Trinajstić information content (AvgIpc) is 2.74. The van der Waals surface area contributed by atoms with Crippen LogP contribution in [0.5, 0.6) is 0 Å². The van der Waals surface area contributed by atoms with Crippen molar-refractivity contribution in [3.8, 4) is 0 Å². The quantitative estimate of drug-likeness (QED) is 0.753. The molecule has 3 aromatic rings. The lowest BCUT2D eigenvalue weighted by Gasteiger charge is -2.33. The number of anilines is 1. The molecule has 0 radical (unpaired) electrons. The molecule has 6 nitrogen and oxygen atoms in total. The lowest BCUT2D eigenvalue weighted by atomic mass is 9.95. The number of hydrogen-bond acceptors (Lipinski definition) is 5. The molecule has 1 aromatic carbocycles. The standard InChI is InChI=1S/C21H22FN5O/c1-14(15-2-4-17(22)5-3-15)26-21(28)16-6-10-27(11-7-16)18-12-19-20(25-13-18)24-9-8-23-19/h2-5,8-9,12-14,16H,6-7,10-11H2,1H3,(H,26,28)/t14-/m0/s1. The zero-order valence-corrected chi connectivity index (χ0v) is 15.7. The number of piperidine rings is 1. The first-order chi connectivity index (χ1) is 13.6. The number of benzene rings is 1. The van der Waals surface area contributed by atoms with Gasteiger partial charge in [0.2, 0.25) is 5.91 Å². The molecule has 1 aliphatic rings. The summed E-state index contributed by atoms with van der Waals surface area (Å²) in [6, 6.07) is 8.09. The predicted molar refractivity (Wildman–Crippen MR) is 105 cm³/mol. The minimum Gasteiger partial charge on any atom is -0.370 e. The van der Waals surface area contributed by atoms with Crippen molar-refractivity contribution in [3.63, 3.8) is 0 Å². The van der Waals surface area contributed by atoms with Gasteiger partial charge in [0.25, 0.3) is 0 Å². The molecule has 0 bridgehead atoms. The summed E-state index contributed by atoms with van der Waals surface area (Å²) in [5.74, 6) is -0.241. The highest BCUT2D eigenvalue weighted by Crippen LogP contribution is 2.25. The molecule has 1 aliphatic heterocycles. The van der Waals surface area contributed by atoms with Crippen LogP contribution in [0.3, 0.4) is 0 Å².